The van der Waals surface area contributed by atoms with E-state index in [1.54, 1.807) is 19.2 Å². The summed E-state index contributed by atoms with van der Waals surface area (Å²) < 4.78 is 11.0. The van der Waals surface area contributed by atoms with Gasteiger partial charge in [0.1, 0.15) is 11.3 Å². The lowest BCUT2D eigenvalue weighted by Crippen LogP contribution is -2.45. The van der Waals surface area contributed by atoms with Crippen molar-refractivity contribution in [2.45, 2.75) is 6.54 Å². The fourth-order valence-electron chi connectivity index (χ4n) is 4.23. The minimum atomic E-state index is -0.121. The molecule has 168 valence electrons. The molecule has 0 aliphatic carbocycles. The van der Waals surface area contributed by atoms with Crippen LogP contribution in [-0.4, -0.2) is 44.0 Å². The summed E-state index contributed by atoms with van der Waals surface area (Å²) in [5.41, 5.74) is 3.67. The van der Waals surface area contributed by atoms with Gasteiger partial charge in [-0.05, 0) is 60.2 Å². The van der Waals surface area contributed by atoms with Gasteiger partial charge in [-0.25, -0.2) is 0 Å². The summed E-state index contributed by atoms with van der Waals surface area (Å²) in [7, 11) is 1.61. The Morgan fingerprint density at radius 1 is 0.939 bits per heavy atom. The molecule has 0 N–H and O–H groups in total. The van der Waals surface area contributed by atoms with E-state index in [1.807, 2.05) is 48.5 Å². The van der Waals surface area contributed by atoms with E-state index in [2.05, 4.69) is 21.9 Å². The number of ketones is 1. The van der Waals surface area contributed by atoms with Gasteiger partial charge in [-0.1, -0.05) is 23.7 Å². The van der Waals surface area contributed by atoms with Crippen molar-refractivity contribution >= 4 is 34.0 Å². The molecule has 1 fully saturated rings. The number of ether oxygens (including phenoxy) is 1. The second-order valence-electron chi connectivity index (χ2n) is 8.28. The summed E-state index contributed by atoms with van der Waals surface area (Å²) in [6, 6.07) is 23.2. The Labute approximate surface area is 198 Å². The molecule has 1 aliphatic rings. The third-order valence-electron chi connectivity index (χ3n) is 6.14. The van der Waals surface area contributed by atoms with E-state index in [0.717, 1.165) is 48.8 Å². The van der Waals surface area contributed by atoms with Gasteiger partial charge in [0.2, 0.25) is 5.78 Å². The zero-order chi connectivity index (χ0) is 22.8. The number of fused-ring (bicyclic) bond motifs is 1. The summed E-state index contributed by atoms with van der Waals surface area (Å²) in [4.78, 5) is 17.8. The Morgan fingerprint density at radius 2 is 1.67 bits per heavy atom. The van der Waals surface area contributed by atoms with Gasteiger partial charge in [-0.15, -0.1) is 0 Å². The van der Waals surface area contributed by atoms with Gasteiger partial charge >= 0.3 is 0 Å². The van der Waals surface area contributed by atoms with E-state index in [4.69, 9.17) is 20.8 Å². The van der Waals surface area contributed by atoms with Crippen molar-refractivity contribution in [3.8, 4) is 5.75 Å². The monoisotopic (exact) mass is 460 g/mol. The fourth-order valence-corrected chi connectivity index (χ4v) is 4.35. The number of anilines is 1. The number of hydrogen-bond acceptors (Lipinski definition) is 5. The molecule has 33 heavy (non-hydrogen) atoms. The maximum Gasteiger partial charge on any atom is 0.228 e. The highest BCUT2D eigenvalue weighted by Gasteiger charge is 2.19. The maximum absolute atomic E-state index is 12.9. The van der Waals surface area contributed by atoms with Crippen LogP contribution >= 0.6 is 11.6 Å². The zero-order valence-electron chi connectivity index (χ0n) is 18.5. The molecule has 1 aromatic heterocycles. The molecule has 0 unspecified atom stereocenters. The molecule has 0 atom stereocenters. The molecule has 6 heteroatoms. The summed E-state index contributed by atoms with van der Waals surface area (Å²) >= 11 is 5.99. The van der Waals surface area contributed by atoms with Crippen LogP contribution in [0.4, 0.5) is 5.69 Å². The Bertz CT molecular complexity index is 1260. The van der Waals surface area contributed by atoms with Gasteiger partial charge in [-0.3, -0.25) is 9.69 Å². The Morgan fingerprint density at radius 3 is 2.36 bits per heavy atom. The minimum Gasteiger partial charge on any atom is -0.497 e. The normalized spacial score (nSPS) is 14.5. The highest BCUT2D eigenvalue weighted by Crippen LogP contribution is 2.26. The molecule has 0 saturated carbocycles. The van der Waals surface area contributed by atoms with Gasteiger partial charge in [0.05, 0.1) is 7.11 Å². The Hall–Kier alpha value is -3.28. The van der Waals surface area contributed by atoms with Crippen molar-refractivity contribution < 1.29 is 13.9 Å². The molecular formula is C27H25ClN2O3. The highest BCUT2D eigenvalue weighted by atomic mass is 35.5. The maximum atomic E-state index is 12.9. The number of hydrogen-bond donors (Lipinski definition) is 0. The van der Waals surface area contributed by atoms with Crippen molar-refractivity contribution in [1.82, 2.24) is 4.90 Å². The van der Waals surface area contributed by atoms with Crippen LogP contribution in [0.5, 0.6) is 5.75 Å². The standard InChI is InChI=1S/C27H25ClN2O3/c1-32-24-11-6-21-16-26(33-25(21)17-24)27(31)20-4-9-23(10-5-20)30-14-12-29(13-15-30)18-19-2-7-22(28)8-3-19/h2-11,16-17H,12-15,18H2,1H3. The van der Waals surface area contributed by atoms with E-state index in [1.165, 1.54) is 5.56 Å². The van der Waals surface area contributed by atoms with Crippen molar-refractivity contribution in [3.63, 3.8) is 0 Å². The second-order valence-corrected chi connectivity index (χ2v) is 8.72. The molecule has 0 radical (unpaired) electrons. The van der Waals surface area contributed by atoms with Crippen LogP contribution in [0.1, 0.15) is 21.7 Å². The molecule has 5 rings (SSSR count). The topological polar surface area (TPSA) is 45.9 Å². The van der Waals surface area contributed by atoms with Crippen LogP contribution < -0.4 is 9.64 Å². The van der Waals surface area contributed by atoms with Crippen LogP contribution in [0.3, 0.4) is 0 Å². The lowest BCUT2D eigenvalue weighted by Gasteiger charge is -2.36. The fraction of sp³-hybridized carbons (Fsp3) is 0.222. The predicted molar refractivity (Wildman–Crippen MR) is 132 cm³/mol. The van der Waals surface area contributed by atoms with E-state index in [-0.39, 0.29) is 5.78 Å². The first-order valence-electron chi connectivity index (χ1n) is 11.0. The first-order chi connectivity index (χ1) is 16.1. The number of nitrogens with zero attached hydrogens (tertiary/aromatic N) is 2. The lowest BCUT2D eigenvalue weighted by molar-refractivity contribution is 0.101. The first-order valence-corrected chi connectivity index (χ1v) is 11.4. The van der Waals surface area contributed by atoms with Gasteiger partial charge < -0.3 is 14.1 Å². The molecule has 5 nitrogen and oxygen atoms in total. The number of furan rings is 1. The number of carbonyl (C=O) groups is 1. The van der Waals surface area contributed by atoms with Crippen LogP contribution in [-0.2, 0) is 6.54 Å². The second kappa shape index (κ2) is 9.30. The molecule has 3 aromatic carbocycles. The SMILES string of the molecule is COc1ccc2cc(C(=O)c3ccc(N4CCN(Cc5ccc(Cl)cc5)CC4)cc3)oc2c1. The highest BCUT2D eigenvalue weighted by molar-refractivity contribution is 6.30. The quantitative estimate of drug-likeness (QED) is 0.348. The summed E-state index contributed by atoms with van der Waals surface area (Å²) in [6.07, 6.45) is 0. The van der Waals surface area contributed by atoms with Gasteiger partial charge in [0.15, 0.2) is 5.76 Å². The van der Waals surface area contributed by atoms with Crippen molar-refractivity contribution in [1.29, 1.82) is 0 Å². The van der Waals surface area contributed by atoms with E-state index < -0.39 is 0 Å². The summed E-state index contributed by atoms with van der Waals surface area (Å²) in [5, 5.41) is 1.65. The van der Waals surface area contributed by atoms with Crippen LogP contribution in [0.25, 0.3) is 11.0 Å². The van der Waals surface area contributed by atoms with Crippen molar-refractivity contribution in [2.75, 3.05) is 38.2 Å². The molecular weight excluding hydrogens is 436 g/mol. The van der Waals surface area contributed by atoms with E-state index in [9.17, 15) is 4.79 Å². The van der Waals surface area contributed by atoms with E-state index in [0.29, 0.717) is 22.7 Å². The first kappa shape index (κ1) is 21.6. The molecule has 0 bridgehead atoms. The number of carbonyl (C=O) groups excluding carboxylic acids is 1. The number of benzene rings is 3. The van der Waals surface area contributed by atoms with E-state index >= 15 is 0 Å². The lowest BCUT2D eigenvalue weighted by atomic mass is 10.1. The average molecular weight is 461 g/mol. The molecule has 4 aromatic rings. The molecule has 2 heterocycles. The number of halogens is 1. The number of rotatable bonds is 6. The van der Waals surface area contributed by atoms with Gasteiger partial charge in [0.25, 0.3) is 0 Å². The van der Waals surface area contributed by atoms with Crippen molar-refractivity contribution in [2.24, 2.45) is 0 Å². The molecule has 0 amide bonds. The van der Waals surface area contributed by atoms with Crippen LogP contribution in [0.2, 0.25) is 5.02 Å². The number of piperazine rings is 1. The summed E-state index contributed by atoms with van der Waals surface area (Å²) in [5.74, 6) is 0.916. The predicted octanol–water partition coefficient (Wildman–Crippen LogP) is 5.65. The Kier molecular flexibility index (Phi) is 6.07. The number of methoxy groups -OCH3 is 1. The minimum absolute atomic E-state index is 0.121. The third kappa shape index (κ3) is 4.75. The average Bonchev–Trinajstić information content (AvgIpc) is 3.29. The third-order valence-corrected chi connectivity index (χ3v) is 6.39. The summed E-state index contributed by atoms with van der Waals surface area (Å²) in [6.45, 7) is 4.82. The Balaban J connectivity index is 1.21. The van der Waals surface area contributed by atoms with Gasteiger partial charge in [-0.2, -0.15) is 0 Å². The van der Waals surface area contributed by atoms with Crippen LogP contribution in [0, 0.1) is 0 Å². The molecule has 1 aliphatic heterocycles. The molecule has 0 spiro atoms. The van der Waals surface area contributed by atoms with Crippen LogP contribution in [0.15, 0.2) is 77.2 Å². The molecule has 1 saturated heterocycles. The zero-order valence-corrected chi connectivity index (χ0v) is 19.2. The van der Waals surface area contributed by atoms with Crippen molar-refractivity contribution in [3.05, 3.63) is 94.7 Å². The largest absolute Gasteiger partial charge is 0.497 e. The van der Waals surface area contributed by atoms with Gasteiger partial charge in [0, 0.05) is 60.4 Å². The smallest absolute Gasteiger partial charge is 0.228 e.